The van der Waals surface area contributed by atoms with Crippen LogP contribution in [0, 0.1) is 0 Å². The number of fused-ring (bicyclic) bond motifs is 10. The van der Waals surface area contributed by atoms with Crippen LogP contribution < -0.4 is 0 Å². The van der Waals surface area contributed by atoms with Crippen LogP contribution in [-0.2, 0) is 5.41 Å². The average molecular weight is 693 g/mol. The first-order valence-electron chi connectivity index (χ1n) is 18.3. The van der Waals surface area contributed by atoms with Gasteiger partial charge in [0.2, 0.25) is 0 Å². The molecule has 3 heterocycles. The minimum absolute atomic E-state index is 0.0794. The van der Waals surface area contributed by atoms with Crippen molar-refractivity contribution in [2.75, 3.05) is 0 Å². The lowest BCUT2D eigenvalue weighted by atomic mass is 9.82. The molecule has 5 nitrogen and oxygen atoms in total. The second-order valence-corrected chi connectivity index (χ2v) is 14.6. The van der Waals surface area contributed by atoms with Crippen molar-refractivity contribution < 1.29 is 4.42 Å². The molecular weight excluding hydrogens is 661 g/mol. The number of aromatic nitrogens is 4. The van der Waals surface area contributed by atoms with E-state index in [1.54, 1.807) is 0 Å². The summed E-state index contributed by atoms with van der Waals surface area (Å²) in [5.41, 5.74) is 12.5. The minimum Gasteiger partial charge on any atom is -0.455 e. The molecule has 0 aliphatic heterocycles. The molecule has 254 valence electrons. The molecule has 0 fully saturated rings. The highest BCUT2D eigenvalue weighted by Gasteiger charge is 2.35. The lowest BCUT2D eigenvalue weighted by Crippen LogP contribution is -2.14. The quantitative estimate of drug-likeness (QED) is 0.172. The molecule has 0 bridgehead atoms. The number of nitrogens with zero attached hydrogens (tertiary/aromatic N) is 4. The predicted molar refractivity (Wildman–Crippen MR) is 219 cm³/mol. The number of hydrogen-bond acceptors (Lipinski definition) is 5. The molecule has 0 N–H and O–H groups in total. The molecule has 5 heteroatoms. The van der Waals surface area contributed by atoms with Gasteiger partial charge in [-0.2, -0.15) is 0 Å². The lowest BCUT2D eigenvalue weighted by Gasteiger charge is -2.21. The van der Waals surface area contributed by atoms with Crippen LogP contribution in [0.25, 0.3) is 100 Å². The van der Waals surface area contributed by atoms with Gasteiger partial charge >= 0.3 is 0 Å². The fourth-order valence-corrected chi connectivity index (χ4v) is 8.43. The zero-order valence-electron chi connectivity index (χ0n) is 29.7. The van der Waals surface area contributed by atoms with Gasteiger partial charge in [0.05, 0.1) is 11.2 Å². The van der Waals surface area contributed by atoms with Gasteiger partial charge in [-0.15, -0.1) is 0 Å². The fourth-order valence-electron chi connectivity index (χ4n) is 8.43. The Morgan fingerprint density at radius 3 is 1.83 bits per heavy atom. The Balaban J connectivity index is 1.11. The molecular formula is C49H32N4O. The molecule has 11 rings (SSSR count). The summed E-state index contributed by atoms with van der Waals surface area (Å²) in [5, 5.41) is 5.22. The van der Waals surface area contributed by atoms with Gasteiger partial charge in [-0.3, -0.25) is 0 Å². The van der Waals surface area contributed by atoms with Crippen molar-refractivity contribution in [1.29, 1.82) is 0 Å². The first-order valence-corrected chi connectivity index (χ1v) is 18.3. The van der Waals surface area contributed by atoms with Crippen molar-refractivity contribution in [3.63, 3.8) is 0 Å². The minimum atomic E-state index is -0.0794. The molecule has 0 saturated carbocycles. The van der Waals surface area contributed by atoms with Crippen molar-refractivity contribution in [3.05, 3.63) is 169 Å². The normalized spacial score (nSPS) is 13.1. The van der Waals surface area contributed by atoms with E-state index in [4.69, 9.17) is 24.4 Å². The maximum absolute atomic E-state index is 6.75. The number of rotatable bonds is 4. The number of pyridine rings is 1. The van der Waals surface area contributed by atoms with Gasteiger partial charge < -0.3 is 4.42 Å². The Hall–Kier alpha value is -6.98. The molecule has 1 aliphatic rings. The van der Waals surface area contributed by atoms with Crippen LogP contribution in [0.2, 0.25) is 0 Å². The summed E-state index contributed by atoms with van der Waals surface area (Å²) < 4.78 is 6.75. The summed E-state index contributed by atoms with van der Waals surface area (Å²) in [6.45, 7) is 4.60. The summed E-state index contributed by atoms with van der Waals surface area (Å²) in [6, 6.07) is 54.8. The van der Waals surface area contributed by atoms with Crippen LogP contribution in [0.15, 0.2) is 162 Å². The molecule has 0 unspecified atom stereocenters. The smallest absolute Gasteiger partial charge is 0.164 e. The summed E-state index contributed by atoms with van der Waals surface area (Å²) in [6.07, 6.45) is 0. The van der Waals surface area contributed by atoms with Gasteiger partial charge in [0, 0.05) is 54.6 Å². The van der Waals surface area contributed by atoms with Crippen LogP contribution >= 0.6 is 0 Å². The highest BCUT2D eigenvalue weighted by atomic mass is 16.3. The van der Waals surface area contributed by atoms with E-state index in [-0.39, 0.29) is 5.41 Å². The van der Waals surface area contributed by atoms with E-state index in [1.807, 2.05) is 48.5 Å². The standard InChI is InChI=1S/C49H32N4O/c1-49(2)39-19-11-9-17-33(39)37-27-31(21-25-40(37)49)47-51-46(30-15-7-4-8-16-30)52-48(53-47)32-22-26-42-38(28-32)34-23-24-36-43(45(34)54-42)35-18-10-12-20-41(35)50-44(36)29-13-5-3-6-14-29/h3-28H,1-2H3. The topological polar surface area (TPSA) is 64.7 Å². The molecule has 0 amide bonds. The number of hydrogen-bond donors (Lipinski definition) is 0. The van der Waals surface area contributed by atoms with Crippen LogP contribution in [0.3, 0.4) is 0 Å². The Morgan fingerprint density at radius 1 is 0.426 bits per heavy atom. The first-order chi connectivity index (χ1) is 26.5. The van der Waals surface area contributed by atoms with E-state index in [0.29, 0.717) is 17.5 Å². The lowest BCUT2D eigenvalue weighted by molar-refractivity contribution is 0.660. The largest absolute Gasteiger partial charge is 0.455 e. The van der Waals surface area contributed by atoms with E-state index in [9.17, 15) is 0 Å². The van der Waals surface area contributed by atoms with Crippen molar-refractivity contribution in [2.45, 2.75) is 19.3 Å². The highest BCUT2D eigenvalue weighted by Crippen LogP contribution is 2.49. The number of benzene rings is 7. The first kappa shape index (κ1) is 30.6. The molecule has 10 aromatic rings. The molecule has 3 aromatic heterocycles. The maximum atomic E-state index is 6.75. The summed E-state index contributed by atoms with van der Waals surface area (Å²) in [4.78, 5) is 20.4. The van der Waals surface area contributed by atoms with E-state index in [2.05, 4.69) is 123 Å². The van der Waals surface area contributed by atoms with Crippen LogP contribution in [0.5, 0.6) is 0 Å². The van der Waals surface area contributed by atoms with Gasteiger partial charge in [0.25, 0.3) is 0 Å². The summed E-state index contributed by atoms with van der Waals surface area (Å²) in [7, 11) is 0. The van der Waals surface area contributed by atoms with E-state index >= 15 is 0 Å². The third kappa shape index (κ3) is 4.58. The van der Waals surface area contributed by atoms with Gasteiger partial charge in [-0.25, -0.2) is 19.9 Å². The third-order valence-electron chi connectivity index (χ3n) is 11.1. The third-order valence-corrected chi connectivity index (χ3v) is 11.1. The molecule has 0 saturated heterocycles. The van der Waals surface area contributed by atoms with E-state index in [0.717, 1.165) is 71.6 Å². The Bertz CT molecular complexity index is 3130. The van der Waals surface area contributed by atoms with Crippen LogP contribution in [-0.4, -0.2) is 19.9 Å². The second kappa shape index (κ2) is 11.5. The van der Waals surface area contributed by atoms with Crippen molar-refractivity contribution in [3.8, 4) is 56.5 Å². The van der Waals surface area contributed by atoms with Gasteiger partial charge in [-0.1, -0.05) is 135 Å². The van der Waals surface area contributed by atoms with E-state index < -0.39 is 0 Å². The molecule has 0 atom stereocenters. The van der Waals surface area contributed by atoms with Gasteiger partial charge in [0.15, 0.2) is 17.5 Å². The highest BCUT2D eigenvalue weighted by molar-refractivity contribution is 6.24. The Kier molecular flexibility index (Phi) is 6.53. The molecule has 1 aliphatic carbocycles. The summed E-state index contributed by atoms with van der Waals surface area (Å²) in [5.74, 6) is 1.88. The van der Waals surface area contributed by atoms with Crippen LogP contribution in [0.4, 0.5) is 0 Å². The zero-order valence-corrected chi connectivity index (χ0v) is 29.7. The molecule has 0 spiro atoms. The number of para-hydroxylation sites is 1. The fraction of sp³-hybridized carbons (Fsp3) is 0.0612. The van der Waals surface area contributed by atoms with Crippen molar-refractivity contribution in [1.82, 2.24) is 19.9 Å². The van der Waals surface area contributed by atoms with Crippen molar-refractivity contribution in [2.24, 2.45) is 0 Å². The second-order valence-electron chi connectivity index (χ2n) is 14.6. The average Bonchev–Trinajstić information content (AvgIpc) is 3.72. The molecule has 0 radical (unpaired) electrons. The molecule has 7 aromatic carbocycles. The summed E-state index contributed by atoms with van der Waals surface area (Å²) >= 11 is 0. The number of furan rings is 1. The Morgan fingerprint density at radius 2 is 1.04 bits per heavy atom. The van der Waals surface area contributed by atoms with Crippen LogP contribution in [0.1, 0.15) is 25.0 Å². The zero-order chi connectivity index (χ0) is 36.0. The van der Waals surface area contributed by atoms with Gasteiger partial charge in [0.1, 0.15) is 11.2 Å². The monoisotopic (exact) mass is 692 g/mol. The van der Waals surface area contributed by atoms with Crippen molar-refractivity contribution >= 4 is 43.6 Å². The van der Waals surface area contributed by atoms with Gasteiger partial charge in [-0.05, 0) is 58.7 Å². The molecule has 54 heavy (non-hydrogen) atoms. The Labute approximate surface area is 311 Å². The predicted octanol–water partition coefficient (Wildman–Crippen LogP) is 12.4. The maximum Gasteiger partial charge on any atom is 0.164 e. The van der Waals surface area contributed by atoms with E-state index in [1.165, 1.54) is 22.3 Å². The SMILES string of the molecule is CC1(C)c2ccccc2-c2cc(-c3nc(-c4ccccc4)nc(-c4ccc5oc6c(ccc7c(-c8ccccc8)nc8ccccc8c76)c5c4)n3)ccc21.